The maximum Gasteiger partial charge on any atom is 0.192 e. The molecule has 0 unspecified atom stereocenters. The van der Waals surface area contributed by atoms with Crippen LogP contribution in [0.5, 0.6) is 5.75 Å². The van der Waals surface area contributed by atoms with Gasteiger partial charge in [-0.05, 0) is 42.2 Å². The quantitative estimate of drug-likeness (QED) is 0.483. The van der Waals surface area contributed by atoms with Crippen molar-refractivity contribution >= 4 is 8.32 Å². The fourth-order valence-corrected chi connectivity index (χ4v) is 3.70. The van der Waals surface area contributed by atoms with Crippen molar-refractivity contribution in [2.75, 3.05) is 20.3 Å². The number of aliphatic hydroxyl groups excluding tert-OH is 1. The summed E-state index contributed by atoms with van der Waals surface area (Å²) in [7, 11) is -0.199. The van der Waals surface area contributed by atoms with E-state index >= 15 is 0 Å². The Hall–Kier alpha value is -0.883. The topological polar surface area (TPSA) is 47.9 Å². The largest absolute Gasteiger partial charge is 0.497 e. The maximum atomic E-state index is 9.57. The summed E-state index contributed by atoms with van der Waals surface area (Å²) in [5, 5.41) is 9.73. The van der Waals surface area contributed by atoms with E-state index in [4.69, 9.17) is 13.9 Å². The van der Waals surface area contributed by atoms with Crippen LogP contribution >= 0.6 is 0 Å². The van der Waals surface area contributed by atoms with E-state index in [1.165, 1.54) is 0 Å². The number of hydrogen-bond acceptors (Lipinski definition) is 4. The van der Waals surface area contributed by atoms with Gasteiger partial charge in [0.05, 0.1) is 19.8 Å². The van der Waals surface area contributed by atoms with E-state index in [0.29, 0.717) is 13.2 Å². The van der Waals surface area contributed by atoms with Gasteiger partial charge < -0.3 is 19.0 Å². The van der Waals surface area contributed by atoms with Crippen molar-refractivity contribution in [1.82, 2.24) is 0 Å². The van der Waals surface area contributed by atoms with E-state index in [0.717, 1.165) is 17.7 Å². The molecule has 0 saturated carbocycles. The zero-order valence-electron chi connectivity index (χ0n) is 17.0. The Kier molecular flexibility index (Phi) is 8.61. The number of methoxy groups -OCH3 is 1. The zero-order valence-corrected chi connectivity index (χ0v) is 18.0. The third-order valence-corrected chi connectivity index (χ3v) is 9.65. The van der Waals surface area contributed by atoms with E-state index in [2.05, 4.69) is 33.9 Å². The Morgan fingerprint density at radius 1 is 1.12 bits per heavy atom. The number of ether oxygens (including phenoxy) is 2. The summed E-state index contributed by atoms with van der Waals surface area (Å²) in [4.78, 5) is 0. The fraction of sp³-hybridized carbons (Fsp3) is 0.700. The molecule has 25 heavy (non-hydrogen) atoms. The third kappa shape index (κ3) is 7.10. The number of rotatable bonds is 10. The summed E-state index contributed by atoms with van der Waals surface area (Å²) < 4.78 is 17.5. The molecular formula is C20H36O4Si. The van der Waals surface area contributed by atoms with E-state index < -0.39 is 8.32 Å². The molecule has 1 N–H and O–H groups in total. The smallest absolute Gasteiger partial charge is 0.192 e. The SMILES string of the molecule is COc1ccc(COCC[C@H](O[Si](C)(C)C(C)(C)C)[C@H](C)CO)cc1. The lowest BCUT2D eigenvalue weighted by molar-refractivity contribution is 0.0388. The first-order chi connectivity index (χ1) is 11.6. The first-order valence-corrected chi connectivity index (χ1v) is 12.0. The van der Waals surface area contributed by atoms with Crippen molar-refractivity contribution in [3.05, 3.63) is 29.8 Å². The molecule has 0 aromatic heterocycles. The van der Waals surface area contributed by atoms with Gasteiger partial charge in [-0.15, -0.1) is 0 Å². The summed E-state index contributed by atoms with van der Waals surface area (Å²) in [5.74, 6) is 0.960. The zero-order chi connectivity index (χ0) is 19.1. The minimum atomic E-state index is -1.86. The van der Waals surface area contributed by atoms with Gasteiger partial charge >= 0.3 is 0 Å². The normalized spacial score (nSPS) is 15.0. The average Bonchev–Trinajstić information content (AvgIpc) is 2.56. The first-order valence-electron chi connectivity index (χ1n) is 9.10. The second-order valence-electron chi connectivity index (χ2n) is 8.27. The fourth-order valence-electron chi connectivity index (χ4n) is 2.24. The lowest BCUT2D eigenvalue weighted by Gasteiger charge is -2.40. The van der Waals surface area contributed by atoms with Gasteiger partial charge in [-0.3, -0.25) is 0 Å². The van der Waals surface area contributed by atoms with Gasteiger partial charge in [0.25, 0.3) is 0 Å². The van der Waals surface area contributed by atoms with Crippen molar-refractivity contribution in [3.63, 3.8) is 0 Å². The molecule has 0 saturated heterocycles. The molecule has 0 spiro atoms. The molecule has 0 aliphatic heterocycles. The summed E-state index contributed by atoms with van der Waals surface area (Å²) in [6, 6.07) is 7.91. The minimum Gasteiger partial charge on any atom is -0.497 e. The predicted molar refractivity (Wildman–Crippen MR) is 106 cm³/mol. The summed E-state index contributed by atoms with van der Waals surface area (Å²) >= 11 is 0. The van der Waals surface area contributed by atoms with Crippen LogP contribution in [0.4, 0.5) is 0 Å². The third-order valence-electron chi connectivity index (χ3n) is 5.15. The summed E-state index contributed by atoms with van der Waals surface area (Å²) in [5.41, 5.74) is 1.12. The first kappa shape index (κ1) is 22.2. The average molecular weight is 369 g/mol. The van der Waals surface area contributed by atoms with Gasteiger partial charge in [0, 0.05) is 19.1 Å². The van der Waals surface area contributed by atoms with Crippen molar-refractivity contribution in [2.24, 2.45) is 5.92 Å². The number of hydrogen-bond donors (Lipinski definition) is 1. The summed E-state index contributed by atoms with van der Waals surface area (Å²) in [6.45, 7) is 14.6. The highest BCUT2D eigenvalue weighted by molar-refractivity contribution is 6.74. The number of benzene rings is 1. The van der Waals surface area contributed by atoms with Gasteiger partial charge in [-0.25, -0.2) is 0 Å². The molecule has 0 heterocycles. The highest BCUT2D eigenvalue weighted by Crippen LogP contribution is 2.38. The predicted octanol–water partition coefficient (Wildman–Crippen LogP) is 4.62. The monoisotopic (exact) mass is 368 g/mol. The molecule has 1 aromatic carbocycles. The maximum absolute atomic E-state index is 9.57. The molecule has 0 bridgehead atoms. The van der Waals surface area contributed by atoms with E-state index in [-0.39, 0.29) is 23.7 Å². The second-order valence-corrected chi connectivity index (χ2v) is 13.0. The van der Waals surface area contributed by atoms with E-state index in [9.17, 15) is 5.11 Å². The Labute approximate surface area is 154 Å². The lowest BCUT2D eigenvalue weighted by atomic mass is 10.0. The molecule has 0 radical (unpaired) electrons. The molecule has 0 amide bonds. The standard InChI is InChI=1S/C20H36O4Si/c1-16(14-21)19(24-25(6,7)20(2,3)4)12-13-23-15-17-8-10-18(22-5)11-9-17/h8-11,16,19,21H,12-15H2,1-7H3/t16-,19+/m1/s1. The van der Waals surface area contributed by atoms with Crippen LogP contribution in [-0.4, -0.2) is 39.9 Å². The van der Waals surface area contributed by atoms with E-state index in [1.54, 1.807) is 7.11 Å². The van der Waals surface area contributed by atoms with Gasteiger partial charge in [0.1, 0.15) is 5.75 Å². The Morgan fingerprint density at radius 2 is 1.72 bits per heavy atom. The molecule has 2 atom stereocenters. The van der Waals surface area contributed by atoms with Crippen LogP contribution < -0.4 is 4.74 Å². The van der Waals surface area contributed by atoms with Crippen LogP contribution in [0.25, 0.3) is 0 Å². The van der Waals surface area contributed by atoms with Crippen LogP contribution in [0.1, 0.15) is 39.7 Å². The molecule has 4 nitrogen and oxygen atoms in total. The van der Waals surface area contributed by atoms with Crippen molar-refractivity contribution in [3.8, 4) is 5.75 Å². The molecule has 0 aliphatic rings. The van der Waals surface area contributed by atoms with Crippen molar-refractivity contribution in [1.29, 1.82) is 0 Å². The Balaban J connectivity index is 2.53. The van der Waals surface area contributed by atoms with Crippen molar-refractivity contribution < 1.29 is 19.0 Å². The van der Waals surface area contributed by atoms with Gasteiger partial charge in [0.15, 0.2) is 8.32 Å². The van der Waals surface area contributed by atoms with Crippen molar-refractivity contribution in [2.45, 2.75) is 65.0 Å². The van der Waals surface area contributed by atoms with Gasteiger partial charge in [-0.2, -0.15) is 0 Å². The van der Waals surface area contributed by atoms with E-state index in [1.807, 2.05) is 31.2 Å². The van der Waals surface area contributed by atoms with Gasteiger partial charge in [-0.1, -0.05) is 39.8 Å². The molecule has 1 aromatic rings. The molecule has 0 fully saturated rings. The van der Waals surface area contributed by atoms with Crippen LogP contribution in [0, 0.1) is 5.92 Å². The van der Waals surface area contributed by atoms with Crippen LogP contribution in [0.15, 0.2) is 24.3 Å². The van der Waals surface area contributed by atoms with Crippen LogP contribution in [0.2, 0.25) is 18.1 Å². The van der Waals surface area contributed by atoms with Crippen LogP contribution in [0.3, 0.4) is 0 Å². The highest BCUT2D eigenvalue weighted by Gasteiger charge is 2.39. The lowest BCUT2D eigenvalue weighted by Crippen LogP contribution is -2.46. The molecule has 144 valence electrons. The number of aliphatic hydroxyl groups is 1. The Bertz CT molecular complexity index is 493. The molecule has 0 aliphatic carbocycles. The second kappa shape index (κ2) is 9.71. The minimum absolute atomic E-state index is 0.0294. The Morgan fingerprint density at radius 3 is 2.20 bits per heavy atom. The van der Waals surface area contributed by atoms with Crippen LogP contribution in [-0.2, 0) is 15.8 Å². The highest BCUT2D eigenvalue weighted by atomic mass is 28.4. The van der Waals surface area contributed by atoms with Gasteiger partial charge in [0.2, 0.25) is 0 Å². The molecule has 1 rings (SSSR count). The summed E-state index contributed by atoms with van der Waals surface area (Å²) in [6.07, 6.45) is 0.825. The molecular weight excluding hydrogens is 332 g/mol. The molecule has 5 heteroatoms.